The molecular formula is C21H21ClN4O3S. The third kappa shape index (κ3) is 3.01. The van der Waals surface area contributed by atoms with Crippen LogP contribution in [0.5, 0.6) is 0 Å². The van der Waals surface area contributed by atoms with Crippen molar-refractivity contribution in [2.75, 3.05) is 16.4 Å². The minimum atomic E-state index is -3.15. The molecule has 7 nitrogen and oxygen atoms in total. The van der Waals surface area contributed by atoms with E-state index in [0.29, 0.717) is 16.4 Å². The molecule has 156 valence electrons. The lowest BCUT2D eigenvalue weighted by Crippen LogP contribution is -2.32. The summed E-state index contributed by atoms with van der Waals surface area (Å²) in [5, 5.41) is 0.559. The second-order valence-corrected chi connectivity index (χ2v) is 10.8. The molecule has 2 aromatic heterocycles. The monoisotopic (exact) mass is 444 g/mol. The number of sulfone groups is 1. The van der Waals surface area contributed by atoms with E-state index in [1.165, 1.54) is 0 Å². The molecule has 0 radical (unpaired) electrons. The summed E-state index contributed by atoms with van der Waals surface area (Å²) in [6, 6.07) is 7.29. The van der Waals surface area contributed by atoms with E-state index in [-0.39, 0.29) is 30.5 Å². The molecule has 1 aromatic carbocycles. The van der Waals surface area contributed by atoms with Crippen molar-refractivity contribution in [1.82, 2.24) is 14.5 Å². The maximum atomic E-state index is 13.2. The summed E-state index contributed by atoms with van der Waals surface area (Å²) in [6.45, 7) is 2.18. The topological polar surface area (TPSA) is 85.2 Å². The van der Waals surface area contributed by atoms with Crippen molar-refractivity contribution < 1.29 is 13.2 Å². The molecule has 1 spiro atoms. The third-order valence-electron chi connectivity index (χ3n) is 6.17. The van der Waals surface area contributed by atoms with Crippen molar-refractivity contribution in [3.63, 3.8) is 0 Å². The number of carbonyl (C=O) groups excluding carboxylic acids is 1. The van der Waals surface area contributed by atoms with Crippen LogP contribution in [0.3, 0.4) is 0 Å². The Hall–Kier alpha value is -2.45. The largest absolute Gasteiger partial charge is 0.325 e. The van der Waals surface area contributed by atoms with E-state index in [2.05, 4.69) is 4.98 Å². The van der Waals surface area contributed by atoms with Gasteiger partial charge in [0.05, 0.1) is 40.6 Å². The van der Waals surface area contributed by atoms with Crippen LogP contribution in [0.4, 0.5) is 5.69 Å². The molecule has 1 saturated carbocycles. The number of halogens is 1. The number of imidazole rings is 1. The first-order valence-corrected chi connectivity index (χ1v) is 12.2. The van der Waals surface area contributed by atoms with Gasteiger partial charge in [-0.2, -0.15) is 0 Å². The van der Waals surface area contributed by atoms with Crippen LogP contribution in [0.15, 0.2) is 36.7 Å². The zero-order chi connectivity index (χ0) is 21.1. The summed E-state index contributed by atoms with van der Waals surface area (Å²) in [7, 11) is -3.15. The number of anilines is 1. The van der Waals surface area contributed by atoms with Gasteiger partial charge < -0.3 is 9.47 Å². The first kappa shape index (κ1) is 19.5. The number of benzene rings is 1. The van der Waals surface area contributed by atoms with Crippen molar-refractivity contribution in [3.8, 4) is 0 Å². The fourth-order valence-electron chi connectivity index (χ4n) is 4.29. The predicted molar refractivity (Wildman–Crippen MR) is 115 cm³/mol. The average Bonchev–Trinajstić information content (AvgIpc) is 3.42. The van der Waals surface area contributed by atoms with E-state index in [0.717, 1.165) is 29.6 Å². The fraction of sp³-hybridized carbons (Fsp3) is 0.381. The first-order valence-electron chi connectivity index (χ1n) is 9.96. The molecule has 30 heavy (non-hydrogen) atoms. The number of hydrogen-bond donors (Lipinski definition) is 0. The quantitative estimate of drug-likeness (QED) is 0.583. The van der Waals surface area contributed by atoms with Gasteiger partial charge in [-0.15, -0.1) is 0 Å². The Morgan fingerprint density at radius 1 is 1.23 bits per heavy atom. The standard InChI is InChI=1S/C21H21ClN4O3S/c1-2-30(28,29)10-9-25-17-4-3-14(22)11-16(17)24-19(25)13-26-18-12-23-8-5-15(18)21(6-7-21)20(26)27/h3-5,8,11-12H,2,6-7,9-10,13H2,1H3. The third-order valence-corrected chi connectivity index (χ3v) is 8.08. The minimum absolute atomic E-state index is 0.0145. The molecule has 3 aromatic rings. The Morgan fingerprint density at radius 2 is 2.03 bits per heavy atom. The van der Waals surface area contributed by atoms with Gasteiger partial charge in [-0.3, -0.25) is 9.78 Å². The van der Waals surface area contributed by atoms with Crippen LogP contribution >= 0.6 is 11.6 Å². The maximum Gasteiger partial charge on any atom is 0.238 e. The lowest BCUT2D eigenvalue weighted by atomic mass is 9.99. The number of pyridine rings is 1. The molecule has 0 bridgehead atoms. The van der Waals surface area contributed by atoms with E-state index in [4.69, 9.17) is 16.6 Å². The van der Waals surface area contributed by atoms with Crippen LogP contribution in [-0.2, 0) is 33.1 Å². The normalized spacial score (nSPS) is 17.1. The Kier molecular flexibility index (Phi) is 4.41. The maximum absolute atomic E-state index is 13.2. The van der Waals surface area contributed by atoms with Crippen molar-refractivity contribution in [2.45, 2.75) is 38.3 Å². The Labute approximate surface area is 179 Å². The smallest absolute Gasteiger partial charge is 0.238 e. The van der Waals surface area contributed by atoms with E-state index in [1.807, 2.05) is 16.7 Å². The highest BCUT2D eigenvalue weighted by molar-refractivity contribution is 7.91. The van der Waals surface area contributed by atoms with Crippen LogP contribution in [0, 0.1) is 0 Å². The number of aromatic nitrogens is 3. The van der Waals surface area contributed by atoms with Crippen molar-refractivity contribution in [3.05, 3.63) is 53.1 Å². The Morgan fingerprint density at radius 3 is 2.77 bits per heavy atom. The van der Waals surface area contributed by atoms with Crippen LogP contribution < -0.4 is 4.90 Å². The second kappa shape index (κ2) is 6.78. The SMILES string of the molecule is CCS(=O)(=O)CCn1c(CN2C(=O)C3(CC3)c3ccncc32)nc2cc(Cl)ccc21. The summed E-state index contributed by atoms with van der Waals surface area (Å²) in [5.74, 6) is 0.816. The lowest BCUT2D eigenvalue weighted by Gasteiger charge is -2.18. The zero-order valence-electron chi connectivity index (χ0n) is 16.5. The molecule has 5 rings (SSSR count). The van der Waals surface area contributed by atoms with Gasteiger partial charge in [0, 0.05) is 23.5 Å². The van der Waals surface area contributed by atoms with E-state index in [9.17, 15) is 13.2 Å². The number of carbonyl (C=O) groups is 1. The van der Waals surface area contributed by atoms with Gasteiger partial charge in [0.25, 0.3) is 0 Å². The summed E-state index contributed by atoms with van der Waals surface area (Å²) in [5.41, 5.74) is 2.93. The van der Waals surface area contributed by atoms with Gasteiger partial charge in [0.15, 0.2) is 9.84 Å². The molecule has 9 heteroatoms. The number of hydrogen-bond acceptors (Lipinski definition) is 5. The number of aryl methyl sites for hydroxylation is 1. The van der Waals surface area contributed by atoms with Crippen molar-refractivity contribution in [1.29, 1.82) is 0 Å². The molecule has 1 aliphatic heterocycles. The van der Waals surface area contributed by atoms with Crippen molar-refractivity contribution >= 4 is 44.1 Å². The minimum Gasteiger partial charge on any atom is -0.325 e. The highest BCUT2D eigenvalue weighted by atomic mass is 35.5. The molecule has 2 aliphatic rings. The van der Waals surface area contributed by atoms with Gasteiger partial charge in [-0.1, -0.05) is 18.5 Å². The fourth-order valence-corrected chi connectivity index (χ4v) is 5.21. The lowest BCUT2D eigenvalue weighted by molar-refractivity contribution is -0.120. The van der Waals surface area contributed by atoms with Gasteiger partial charge in [-0.05, 0) is 42.7 Å². The second-order valence-electron chi connectivity index (χ2n) is 7.92. The molecule has 0 atom stereocenters. The molecule has 1 fully saturated rings. The number of nitrogens with zero attached hydrogens (tertiary/aromatic N) is 4. The molecule has 1 aliphatic carbocycles. The number of rotatable bonds is 6. The molecule has 0 N–H and O–H groups in total. The zero-order valence-corrected chi connectivity index (χ0v) is 18.1. The number of amides is 1. The summed E-state index contributed by atoms with van der Waals surface area (Å²) in [4.78, 5) is 23.9. The summed E-state index contributed by atoms with van der Waals surface area (Å²) in [6.07, 6.45) is 5.15. The molecule has 0 unspecified atom stereocenters. The molecular weight excluding hydrogens is 424 g/mol. The van der Waals surface area contributed by atoms with Crippen molar-refractivity contribution in [2.24, 2.45) is 0 Å². The van der Waals surface area contributed by atoms with Crippen LogP contribution in [0.1, 0.15) is 31.2 Å². The molecule has 0 saturated heterocycles. The Balaban J connectivity index is 1.56. The highest BCUT2D eigenvalue weighted by Crippen LogP contribution is 2.57. The summed E-state index contributed by atoms with van der Waals surface area (Å²) >= 11 is 6.14. The Bertz CT molecular complexity index is 1280. The highest BCUT2D eigenvalue weighted by Gasteiger charge is 2.59. The molecule has 3 heterocycles. The number of fused-ring (bicyclic) bond motifs is 3. The van der Waals surface area contributed by atoms with Crippen LogP contribution in [0.25, 0.3) is 11.0 Å². The van der Waals surface area contributed by atoms with Gasteiger partial charge in [0.1, 0.15) is 5.82 Å². The van der Waals surface area contributed by atoms with E-state index >= 15 is 0 Å². The van der Waals surface area contributed by atoms with Crippen LogP contribution in [-0.4, -0.2) is 40.4 Å². The van der Waals surface area contributed by atoms with Gasteiger partial charge in [-0.25, -0.2) is 13.4 Å². The molecule has 1 amide bonds. The van der Waals surface area contributed by atoms with E-state index < -0.39 is 15.3 Å². The average molecular weight is 445 g/mol. The first-order chi connectivity index (χ1) is 14.3. The summed E-state index contributed by atoms with van der Waals surface area (Å²) < 4.78 is 26.1. The van der Waals surface area contributed by atoms with E-state index in [1.54, 1.807) is 36.4 Å². The van der Waals surface area contributed by atoms with Gasteiger partial charge >= 0.3 is 0 Å². The van der Waals surface area contributed by atoms with Crippen LogP contribution in [0.2, 0.25) is 5.02 Å². The predicted octanol–water partition coefficient (Wildman–Crippen LogP) is 3.10. The van der Waals surface area contributed by atoms with Gasteiger partial charge in [0.2, 0.25) is 5.91 Å².